The van der Waals surface area contributed by atoms with Gasteiger partial charge >= 0.3 is 0 Å². The normalized spacial score (nSPS) is 14.9. The van der Waals surface area contributed by atoms with E-state index < -0.39 is 10.0 Å². The fourth-order valence-corrected chi connectivity index (χ4v) is 4.54. The molecule has 1 fully saturated rings. The van der Waals surface area contributed by atoms with Gasteiger partial charge in [0.1, 0.15) is 5.75 Å². The smallest absolute Gasteiger partial charge is 0.262 e. The second-order valence-electron chi connectivity index (χ2n) is 6.47. The fourth-order valence-electron chi connectivity index (χ4n) is 2.98. The monoisotopic (exact) mass is 388 g/mol. The minimum absolute atomic E-state index is 0.144. The zero-order chi connectivity index (χ0) is 19.3. The molecule has 144 valence electrons. The molecule has 1 heterocycles. The third kappa shape index (κ3) is 4.87. The lowest BCUT2D eigenvalue weighted by Crippen LogP contribution is -2.28. The van der Waals surface area contributed by atoms with E-state index in [1.807, 2.05) is 24.3 Å². The lowest BCUT2D eigenvalue weighted by molar-refractivity contribution is -0.118. The summed E-state index contributed by atoms with van der Waals surface area (Å²) in [5, 5.41) is 2.69. The van der Waals surface area contributed by atoms with Crippen molar-refractivity contribution in [1.29, 1.82) is 0 Å². The molecule has 27 heavy (non-hydrogen) atoms. The van der Waals surface area contributed by atoms with Gasteiger partial charge in [0.25, 0.3) is 5.91 Å². The number of nitrogens with one attached hydrogen (secondary N) is 1. The zero-order valence-electron chi connectivity index (χ0n) is 15.3. The first-order valence-electron chi connectivity index (χ1n) is 9.11. The molecule has 1 amide bonds. The molecule has 0 aromatic heterocycles. The van der Waals surface area contributed by atoms with Gasteiger partial charge in [-0.3, -0.25) is 4.79 Å². The van der Waals surface area contributed by atoms with Crippen LogP contribution in [0, 0.1) is 0 Å². The van der Waals surface area contributed by atoms with Crippen LogP contribution in [-0.4, -0.2) is 38.3 Å². The van der Waals surface area contributed by atoms with E-state index in [1.54, 1.807) is 18.2 Å². The number of carbonyl (C=O) groups excluding carboxylic acids is 1. The van der Waals surface area contributed by atoms with Crippen LogP contribution < -0.4 is 10.1 Å². The molecule has 0 saturated carbocycles. The highest BCUT2D eigenvalue weighted by Crippen LogP contribution is 2.23. The third-order valence-electron chi connectivity index (χ3n) is 4.52. The second kappa shape index (κ2) is 8.54. The Morgan fingerprint density at radius 2 is 1.81 bits per heavy atom. The maximum absolute atomic E-state index is 12.6. The molecule has 0 atom stereocenters. The molecular formula is C20H24N2O4S. The number of anilines is 1. The molecule has 1 N–H and O–H groups in total. The maximum Gasteiger partial charge on any atom is 0.262 e. The van der Waals surface area contributed by atoms with Crippen LogP contribution in [0.4, 0.5) is 5.69 Å². The molecule has 0 unspecified atom stereocenters. The second-order valence-corrected chi connectivity index (χ2v) is 8.41. The van der Waals surface area contributed by atoms with Crippen molar-refractivity contribution < 1.29 is 17.9 Å². The Labute approximate surface area is 160 Å². The Morgan fingerprint density at radius 3 is 2.48 bits per heavy atom. The van der Waals surface area contributed by atoms with Crippen LogP contribution in [0.3, 0.4) is 0 Å². The molecule has 1 saturated heterocycles. The average Bonchev–Trinajstić information content (AvgIpc) is 3.23. The van der Waals surface area contributed by atoms with Crippen LogP contribution in [0.2, 0.25) is 0 Å². The van der Waals surface area contributed by atoms with Gasteiger partial charge in [-0.2, -0.15) is 4.31 Å². The number of nitrogens with zero attached hydrogens (tertiary/aromatic N) is 1. The van der Waals surface area contributed by atoms with Crippen LogP contribution >= 0.6 is 0 Å². The van der Waals surface area contributed by atoms with Gasteiger partial charge in [-0.05, 0) is 55.2 Å². The lowest BCUT2D eigenvalue weighted by atomic mass is 10.2. The number of rotatable bonds is 7. The summed E-state index contributed by atoms with van der Waals surface area (Å²) < 4.78 is 32.2. The number of aryl methyl sites for hydroxylation is 1. The topological polar surface area (TPSA) is 75.7 Å². The molecule has 3 rings (SSSR count). The van der Waals surface area contributed by atoms with Crippen LogP contribution in [-0.2, 0) is 21.2 Å². The quantitative estimate of drug-likeness (QED) is 0.791. The van der Waals surface area contributed by atoms with Crippen molar-refractivity contribution in [2.75, 3.05) is 25.0 Å². The highest BCUT2D eigenvalue weighted by atomic mass is 32.2. The number of hydrogen-bond acceptors (Lipinski definition) is 4. The highest BCUT2D eigenvalue weighted by molar-refractivity contribution is 7.89. The van der Waals surface area contributed by atoms with Gasteiger partial charge in [0, 0.05) is 18.8 Å². The Bertz CT molecular complexity index is 888. The molecule has 0 spiro atoms. The van der Waals surface area contributed by atoms with E-state index in [2.05, 4.69) is 12.2 Å². The molecule has 1 aliphatic rings. The molecule has 0 bridgehead atoms. The Hall–Kier alpha value is -2.38. The Kier molecular flexibility index (Phi) is 6.13. The first-order chi connectivity index (χ1) is 13.0. The average molecular weight is 388 g/mol. The summed E-state index contributed by atoms with van der Waals surface area (Å²) in [5.41, 5.74) is 1.63. The van der Waals surface area contributed by atoms with Gasteiger partial charge in [0.2, 0.25) is 10.0 Å². The Morgan fingerprint density at radius 1 is 1.11 bits per heavy atom. The third-order valence-corrected chi connectivity index (χ3v) is 6.42. The predicted octanol–water partition coefficient (Wildman–Crippen LogP) is 3.05. The summed E-state index contributed by atoms with van der Waals surface area (Å²) in [5.74, 6) is 0.276. The standard InChI is InChI=1S/C20H24N2O4S/c1-2-16-8-10-18(11-9-16)26-15-20(23)21-17-6-5-7-19(14-17)27(24,25)22-12-3-4-13-22/h5-11,14H,2-4,12-13,15H2,1H3,(H,21,23). The molecular weight excluding hydrogens is 364 g/mol. The van der Waals surface area contributed by atoms with Crippen molar-refractivity contribution in [3.63, 3.8) is 0 Å². The van der Waals surface area contributed by atoms with E-state index in [0.29, 0.717) is 24.5 Å². The van der Waals surface area contributed by atoms with Crippen molar-refractivity contribution in [3.05, 3.63) is 54.1 Å². The fraction of sp³-hybridized carbons (Fsp3) is 0.350. The Balaban J connectivity index is 1.60. The van der Waals surface area contributed by atoms with Crippen molar-refractivity contribution in [2.24, 2.45) is 0 Å². The van der Waals surface area contributed by atoms with E-state index in [4.69, 9.17) is 4.74 Å². The largest absolute Gasteiger partial charge is 0.484 e. The summed E-state index contributed by atoms with van der Waals surface area (Å²) in [6, 6.07) is 13.9. The zero-order valence-corrected chi connectivity index (χ0v) is 16.2. The maximum atomic E-state index is 12.6. The van der Waals surface area contributed by atoms with Crippen LogP contribution in [0.25, 0.3) is 0 Å². The predicted molar refractivity (Wildman–Crippen MR) is 104 cm³/mol. The van der Waals surface area contributed by atoms with E-state index in [1.165, 1.54) is 15.9 Å². The number of amides is 1. The van der Waals surface area contributed by atoms with E-state index >= 15 is 0 Å². The van der Waals surface area contributed by atoms with Crippen molar-refractivity contribution >= 4 is 21.6 Å². The number of hydrogen-bond donors (Lipinski definition) is 1. The lowest BCUT2D eigenvalue weighted by Gasteiger charge is -2.16. The molecule has 2 aromatic rings. The summed E-state index contributed by atoms with van der Waals surface area (Å²) in [6.07, 6.45) is 2.70. The minimum atomic E-state index is -3.51. The first kappa shape index (κ1) is 19.4. The van der Waals surface area contributed by atoms with Crippen molar-refractivity contribution in [2.45, 2.75) is 31.1 Å². The number of carbonyl (C=O) groups is 1. The van der Waals surface area contributed by atoms with Crippen LogP contribution in [0.15, 0.2) is 53.4 Å². The number of benzene rings is 2. The summed E-state index contributed by atoms with van der Waals surface area (Å²) >= 11 is 0. The SMILES string of the molecule is CCc1ccc(OCC(=O)Nc2cccc(S(=O)(=O)N3CCCC3)c2)cc1. The van der Waals surface area contributed by atoms with Crippen molar-refractivity contribution in [1.82, 2.24) is 4.31 Å². The molecule has 2 aromatic carbocycles. The van der Waals surface area contributed by atoms with E-state index in [-0.39, 0.29) is 17.4 Å². The van der Waals surface area contributed by atoms with E-state index in [9.17, 15) is 13.2 Å². The van der Waals surface area contributed by atoms with Gasteiger partial charge in [-0.1, -0.05) is 25.1 Å². The highest BCUT2D eigenvalue weighted by Gasteiger charge is 2.27. The van der Waals surface area contributed by atoms with Gasteiger partial charge in [0.05, 0.1) is 4.90 Å². The summed E-state index contributed by atoms with van der Waals surface area (Å²) in [7, 11) is -3.51. The molecule has 0 aliphatic carbocycles. The molecule has 1 aliphatic heterocycles. The first-order valence-corrected chi connectivity index (χ1v) is 10.5. The van der Waals surface area contributed by atoms with Gasteiger partial charge in [-0.15, -0.1) is 0 Å². The molecule has 0 radical (unpaired) electrons. The van der Waals surface area contributed by atoms with Gasteiger partial charge < -0.3 is 10.1 Å². The van der Waals surface area contributed by atoms with E-state index in [0.717, 1.165) is 19.3 Å². The summed E-state index contributed by atoms with van der Waals surface area (Å²) in [4.78, 5) is 12.3. The van der Waals surface area contributed by atoms with Crippen molar-refractivity contribution in [3.8, 4) is 5.75 Å². The summed E-state index contributed by atoms with van der Waals surface area (Å²) in [6.45, 7) is 3.02. The van der Waals surface area contributed by atoms with Crippen LogP contribution in [0.1, 0.15) is 25.3 Å². The minimum Gasteiger partial charge on any atom is -0.484 e. The van der Waals surface area contributed by atoms with Gasteiger partial charge in [-0.25, -0.2) is 8.42 Å². The molecule has 6 nitrogen and oxygen atoms in total. The van der Waals surface area contributed by atoms with Crippen LogP contribution in [0.5, 0.6) is 5.75 Å². The number of sulfonamides is 1. The van der Waals surface area contributed by atoms with Gasteiger partial charge in [0.15, 0.2) is 6.61 Å². The number of ether oxygens (including phenoxy) is 1. The molecule has 7 heteroatoms.